The van der Waals surface area contributed by atoms with Gasteiger partial charge in [0.05, 0.1) is 4.92 Å². The van der Waals surface area contributed by atoms with Gasteiger partial charge in [0.2, 0.25) is 0 Å². The number of rotatable bonds is 3. The van der Waals surface area contributed by atoms with Crippen LogP contribution in [0.4, 0.5) is 5.69 Å². The zero-order valence-electron chi connectivity index (χ0n) is 9.40. The Labute approximate surface area is 101 Å². The summed E-state index contributed by atoms with van der Waals surface area (Å²) >= 11 is 0. The smallest absolute Gasteiger partial charge is 0.339 e. The van der Waals surface area contributed by atoms with Crippen molar-refractivity contribution in [1.82, 2.24) is 9.78 Å². The van der Waals surface area contributed by atoms with Gasteiger partial charge in [-0.05, 0) is 0 Å². The zero-order valence-corrected chi connectivity index (χ0v) is 9.40. The summed E-state index contributed by atoms with van der Waals surface area (Å²) in [5.41, 5.74) is 0.531. The van der Waals surface area contributed by atoms with E-state index in [0.29, 0.717) is 5.56 Å². The van der Waals surface area contributed by atoms with Gasteiger partial charge in [-0.2, -0.15) is 5.10 Å². The van der Waals surface area contributed by atoms with Crippen molar-refractivity contribution in [1.29, 1.82) is 0 Å². The molecular weight excluding hydrogens is 238 g/mol. The summed E-state index contributed by atoms with van der Waals surface area (Å²) in [7, 11) is 1.59. The van der Waals surface area contributed by atoms with E-state index in [-0.39, 0.29) is 16.9 Å². The number of carbonyl (C=O) groups is 1. The first-order valence-electron chi connectivity index (χ1n) is 5.01. The zero-order chi connectivity index (χ0) is 13.3. The number of hydrogen-bond donors (Lipinski definition) is 1. The van der Waals surface area contributed by atoms with Gasteiger partial charge in [-0.1, -0.05) is 12.1 Å². The lowest BCUT2D eigenvalue weighted by atomic mass is 10.1. The molecule has 0 aliphatic carbocycles. The molecule has 0 saturated heterocycles. The van der Waals surface area contributed by atoms with Crippen molar-refractivity contribution in [2.45, 2.75) is 0 Å². The third-order valence-electron chi connectivity index (χ3n) is 2.39. The van der Waals surface area contributed by atoms with Crippen molar-refractivity contribution in [3.63, 3.8) is 0 Å². The molecule has 18 heavy (non-hydrogen) atoms. The molecule has 1 aromatic carbocycles. The number of non-ortho nitro benzene ring substituents is 1. The highest BCUT2D eigenvalue weighted by molar-refractivity contribution is 5.94. The van der Waals surface area contributed by atoms with Gasteiger partial charge in [0, 0.05) is 30.9 Å². The predicted octanol–water partition coefficient (Wildman–Crippen LogP) is 1.69. The van der Waals surface area contributed by atoms with Crippen LogP contribution in [0.1, 0.15) is 10.4 Å². The maximum Gasteiger partial charge on any atom is 0.339 e. The van der Waals surface area contributed by atoms with Crippen LogP contribution in [0.5, 0.6) is 0 Å². The molecule has 0 spiro atoms. The fourth-order valence-corrected chi connectivity index (χ4v) is 1.62. The second-order valence-electron chi connectivity index (χ2n) is 3.68. The van der Waals surface area contributed by atoms with Crippen molar-refractivity contribution >= 4 is 11.7 Å². The van der Waals surface area contributed by atoms with Crippen molar-refractivity contribution < 1.29 is 14.8 Å². The van der Waals surface area contributed by atoms with Gasteiger partial charge in [-0.25, -0.2) is 4.79 Å². The van der Waals surface area contributed by atoms with Crippen LogP contribution in [-0.4, -0.2) is 25.8 Å². The molecule has 0 radical (unpaired) electrons. The van der Waals surface area contributed by atoms with Crippen LogP contribution in [0.3, 0.4) is 0 Å². The number of nitrogens with zero attached hydrogens (tertiary/aromatic N) is 3. The summed E-state index contributed by atoms with van der Waals surface area (Å²) in [6.45, 7) is 0. The van der Waals surface area contributed by atoms with E-state index in [0.717, 1.165) is 0 Å². The molecule has 0 fully saturated rings. The van der Waals surface area contributed by atoms with Gasteiger partial charge >= 0.3 is 5.97 Å². The van der Waals surface area contributed by atoms with E-state index >= 15 is 0 Å². The van der Waals surface area contributed by atoms with Crippen LogP contribution in [0.2, 0.25) is 0 Å². The Kier molecular flexibility index (Phi) is 2.80. The molecule has 0 amide bonds. The summed E-state index contributed by atoms with van der Waals surface area (Å²) in [6.07, 6.45) is 1.36. The van der Waals surface area contributed by atoms with E-state index in [2.05, 4.69) is 5.10 Å². The average Bonchev–Trinajstić information content (AvgIpc) is 2.72. The molecule has 0 saturated carbocycles. The number of aromatic carboxylic acids is 1. The second-order valence-corrected chi connectivity index (χ2v) is 3.68. The molecule has 7 nitrogen and oxygen atoms in total. The number of aryl methyl sites for hydroxylation is 1. The van der Waals surface area contributed by atoms with Gasteiger partial charge in [0.15, 0.2) is 0 Å². The van der Waals surface area contributed by atoms with E-state index in [1.54, 1.807) is 13.1 Å². The topological polar surface area (TPSA) is 98.3 Å². The number of nitro benzene ring substituents is 1. The molecule has 0 atom stereocenters. The van der Waals surface area contributed by atoms with Crippen LogP contribution < -0.4 is 0 Å². The molecule has 92 valence electrons. The Bertz CT molecular complexity index is 633. The van der Waals surface area contributed by atoms with Gasteiger partial charge in [0.1, 0.15) is 11.3 Å². The largest absolute Gasteiger partial charge is 0.478 e. The lowest BCUT2D eigenvalue weighted by molar-refractivity contribution is -0.384. The van der Waals surface area contributed by atoms with E-state index in [4.69, 9.17) is 5.11 Å². The molecule has 0 aliphatic heterocycles. The molecule has 7 heteroatoms. The Morgan fingerprint density at radius 2 is 2.22 bits per heavy atom. The molecule has 2 rings (SSSR count). The first-order valence-corrected chi connectivity index (χ1v) is 5.01. The summed E-state index contributed by atoms with van der Waals surface area (Å²) in [5, 5.41) is 23.7. The number of carboxylic acid groups (broad SMARTS) is 1. The van der Waals surface area contributed by atoms with Gasteiger partial charge in [0.25, 0.3) is 5.69 Å². The fourth-order valence-electron chi connectivity index (χ4n) is 1.62. The van der Waals surface area contributed by atoms with Crippen molar-refractivity contribution in [3.05, 3.63) is 46.1 Å². The Morgan fingerprint density at radius 3 is 2.83 bits per heavy atom. The van der Waals surface area contributed by atoms with Crippen LogP contribution in [0.25, 0.3) is 11.3 Å². The minimum atomic E-state index is -1.12. The summed E-state index contributed by atoms with van der Waals surface area (Å²) < 4.78 is 1.36. The SMILES string of the molecule is Cn1cc(C(=O)O)c(-c2cccc([N+](=O)[O-])c2)n1. The number of nitro groups is 1. The van der Waals surface area contributed by atoms with Crippen molar-refractivity contribution in [2.75, 3.05) is 0 Å². The Hall–Kier alpha value is -2.70. The van der Waals surface area contributed by atoms with Gasteiger partial charge < -0.3 is 5.11 Å². The first-order chi connectivity index (χ1) is 8.49. The highest BCUT2D eigenvalue weighted by atomic mass is 16.6. The summed E-state index contributed by atoms with van der Waals surface area (Å²) in [4.78, 5) is 21.2. The molecule has 1 heterocycles. The molecule has 0 unspecified atom stereocenters. The Morgan fingerprint density at radius 1 is 1.50 bits per heavy atom. The third kappa shape index (κ3) is 2.05. The predicted molar refractivity (Wildman–Crippen MR) is 62.3 cm³/mol. The van der Waals surface area contributed by atoms with Crippen molar-refractivity contribution in [3.8, 4) is 11.3 Å². The number of benzene rings is 1. The van der Waals surface area contributed by atoms with E-state index < -0.39 is 10.9 Å². The standard InChI is InChI=1S/C11H9N3O4/c1-13-6-9(11(15)16)10(12-13)7-3-2-4-8(5-7)14(17)18/h2-6H,1H3,(H,15,16). The van der Waals surface area contributed by atoms with Gasteiger partial charge in [-0.3, -0.25) is 14.8 Å². The summed E-state index contributed by atoms with van der Waals surface area (Å²) in [5.74, 6) is -1.12. The number of carboxylic acids is 1. The highest BCUT2D eigenvalue weighted by Gasteiger charge is 2.17. The maximum atomic E-state index is 11.0. The van der Waals surface area contributed by atoms with E-state index in [1.165, 1.54) is 29.1 Å². The average molecular weight is 247 g/mol. The van der Waals surface area contributed by atoms with Crippen LogP contribution in [0, 0.1) is 10.1 Å². The molecule has 1 aromatic heterocycles. The monoisotopic (exact) mass is 247 g/mol. The molecule has 2 aromatic rings. The fraction of sp³-hybridized carbons (Fsp3) is 0.0909. The Balaban J connectivity index is 2.58. The maximum absolute atomic E-state index is 11.0. The summed E-state index contributed by atoms with van der Waals surface area (Å²) in [6, 6.07) is 5.72. The van der Waals surface area contributed by atoms with Crippen molar-refractivity contribution in [2.24, 2.45) is 7.05 Å². The lowest BCUT2D eigenvalue weighted by Gasteiger charge is -1.98. The number of hydrogen-bond acceptors (Lipinski definition) is 4. The van der Waals surface area contributed by atoms with E-state index in [1.807, 2.05) is 0 Å². The molecular formula is C11H9N3O4. The van der Waals surface area contributed by atoms with Crippen LogP contribution >= 0.6 is 0 Å². The van der Waals surface area contributed by atoms with Crippen LogP contribution in [0.15, 0.2) is 30.5 Å². The molecule has 0 bridgehead atoms. The highest BCUT2D eigenvalue weighted by Crippen LogP contribution is 2.25. The third-order valence-corrected chi connectivity index (χ3v) is 2.39. The number of aromatic nitrogens is 2. The minimum absolute atomic E-state index is 0.0120. The molecule has 1 N–H and O–H groups in total. The van der Waals surface area contributed by atoms with Crippen LogP contribution in [-0.2, 0) is 7.05 Å². The second kappa shape index (κ2) is 4.28. The quantitative estimate of drug-likeness (QED) is 0.657. The first kappa shape index (κ1) is 11.8. The van der Waals surface area contributed by atoms with Gasteiger partial charge in [-0.15, -0.1) is 0 Å². The lowest BCUT2D eigenvalue weighted by Crippen LogP contribution is -1.97. The van der Waals surface area contributed by atoms with E-state index in [9.17, 15) is 14.9 Å². The normalized spacial score (nSPS) is 10.3. The minimum Gasteiger partial charge on any atom is -0.478 e. The molecule has 0 aliphatic rings.